The molecule has 0 saturated carbocycles. The molecule has 8 aromatic rings. The molecule has 41 heavy (non-hydrogen) atoms. The van der Waals surface area contributed by atoms with E-state index in [4.69, 9.17) is 19.4 Å². The summed E-state index contributed by atoms with van der Waals surface area (Å²) >= 11 is 0. The van der Waals surface area contributed by atoms with Crippen LogP contribution in [0.3, 0.4) is 0 Å². The van der Waals surface area contributed by atoms with E-state index in [0.717, 1.165) is 55.0 Å². The Kier molecular flexibility index (Phi) is 5.42. The van der Waals surface area contributed by atoms with E-state index in [1.165, 1.54) is 5.56 Å². The highest BCUT2D eigenvalue weighted by atomic mass is 16.3. The molecule has 0 aliphatic carbocycles. The maximum Gasteiger partial charge on any atom is 0.167 e. The third kappa shape index (κ3) is 4.05. The minimum atomic E-state index is 0.579. The molecule has 0 amide bonds. The zero-order valence-corrected chi connectivity index (χ0v) is 22.0. The molecule has 0 bridgehead atoms. The van der Waals surface area contributed by atoms with Crippen molar-refractivity contribution in [3.8, 4) is 45.3 Å². The quantitative estimate of drug-likeness (QED) is 0.230. The number of rotatable bonds is 4. The Hall–Kier alpha value is -5.61. The van der Waals surface area contributed by atoms with Crippen LogP contribution in [0.2, 0.25) is 0 Å². The second kappa shape index (κ2) is 9.54. The first-order valence-electron chi connectivity index (χ1n) is 13.6. The normalized spacial score (nSPS) is 11.4. The Labute approximate surface area is 236 Å². The molecule has 0 atom stereocenters. The fourth-order valence-electron chi connectivity index (χ4n) is 5.49. The van der Waals surface area contributed by atoms with Crippen molar-refractivity contribution in [2.24, 2.45) is 0 Å². The summed E-state index contributed by atoms with van der Waals surface area (Å²) in [5.74, 6) is 1.82. The molecule has 0 aliphatic rings. The van der Waals surface area contributed by atoms with Crippen LogP contribution in [0.25, 0.3) is 78.0 Å². The molecule has 0 unspecified atom stereocenters. The molecule has 2 aromatic heterocycles. The number of para-hydroxylation sites is 1. The van der Waals surface area contributed by atoms with Crippen molar-refractivity contribution in [1.82, 2.24) is 15.0 Å². The van der Waals surface area contributed by atoms with Gasteiger partial charge in [-0.05, 0) is 28.6 Å². The standard InChI is InChI=1S/C37H23N3O/c1-3-10-24(11-4-1)25-18-20-28(21-19-25)36-38-35(27-13-5-2-6-14-27)39-37(40-36)32-17-9-16-30-31-23-22-26-12-7-8-15-29(26)33(31)41-34(30)32/h1-23H. The van der Waals surface area contributed by atoms with Crippen LogP contribution in [0.4, 0.5) is 0 Å². The molecule has 0 radical (unpaired) electrons. The Morgan fingerprint density at radius 2 is 0.878 bits per heavy atom. The van der Waals surface area contributed by atoms with E-state index in [1.807, 2.05) is 60.7 Å². The van der Waals surface area contributed by atoms with Gasteiger partial charge in [0.1, 0.15) is 11.2 Å². The molecule has 2 heterocycles. The third-order valence-electron chi connectivity index (χ3n) is 7.55. The average molecular weight is 526 g/mol. The first-order chi connectivity index (χ1) is 20.3. The summed E-state index contributed by atoms with van der Waals surface area (Å²) in [4.78, 5) is 14.9. The van der Waals surface area contributed by atoms with Gasteiger partial charge in [0.15, 0.2) is 17.5 Å². The summed E-state index contributed by atoms with van der Waals surface area (Å²) in [6, 6.07) is 47.5. The highest BCUT2D eigenvalue weighted by Gasteiger charge is 2.18. The highest BCUT2D eigenvalue weighted by Crippen LogP contribution is 2.38. The van der Waals surface area contributed by atoms with Gasteiger partial charge in [0.05, 0.1) is 5.56 Å². The largest absolute Gasteiger partial charge is 0.455 e. The number of hydrogen-bond acceptors (Lipinski definition) is 4. The summed E-state index contributed by atoms with van der Waals surface area (Å²) < 4.78 is 6.61. The molecule has 192 valence electrons. The van der Waals surface area contributed by atoms with Crippen molar-refractivity contribution in [2.75, 3.05) is 0 Å². The number of furan rings is 1. The van der Waals surface area contributed by atoms with Crippen molar-refractivity contribution >= 4 is 32.7 Å². The van der Waals surface area contributed by atoms with Crippen molar-refractivity contribution in [3.05, 3.63) is 140 Å². The molecule has 0 N–H and O–H groups in total. The van der Waals surface area contributed by atoms with Gasteiger partial charge in [-0.15, -0.1) is 0 Å². The zero-order valence-electron chi connectivity index (χ0n) is 22.0. The maximum absolute atomic E-state index is 6.61. The molecule has 0 spiro atoms. The van der Waals surface area contributed by atoms with E-state index in [0.29, 0.717) is 17.5 Å². The predicted molar refractivity (Wildman–Crippen MR) is 166 cm³/mol. The summed E-state index contributed by atoms with van der Waals surface area (Å²) in [5, 5.41) is 4.36. The Bertz CT molecular complexity index is 2180. The lowest BCUT2D eigenvalue weighted by Crippen LogP contribution is -2.00. The van der Waals surface area contributed by atoms with Crippen LogP contribution in [-0.2, 0) is 0 Å². The van der Waals surface area contributed by atoms with Gasteiger partial charge in [-0.1, -0.05) is 127 Å². The SMILES string of the molecule is c1ccc(-c2ccc(-c3nc(-c4ccccc4)nc(-c4cccc5c4oc4c6ccccc6ccc54)n3)cc2)cc1. The van der Waals surface area contributed by atoms with Gasteiger partial charge in [0.2, 0.25) is 0 Å². The Balaban J connectivity index is 1.33. The van der Waals surface area contributed by atoms with Crippen LogP contribution in [0, 0.1) is 0 Å². The molecule has 0 saturated heterocycles. The molecular weight excluding hydrogens is 502 g/mol. The van der Waals surface area contributed by atoms with Gasteiger partial charge in [0.25, 0.3) is 0 Å². The topological polar surface area (TPSA) is 51.8 Å². The lowest BCUT2D eigenvalue weighted by molar-refractivity contribution is 0.673. The van der Waals surface area contributed by atoms with Gasteiger partial charge in [-0.2, -0.15) is 0 Å². The van der Waals surface area contributed by atoms with Crippen LogP contribution in [0.1, 0.15) is 0 Å². The third-order valence-corrected chi connectivity index (χ3v) is 7.55. The first kappa shape index (κ1) is 23.3. The van der Waals surface area contributed by atoms with E-state index in [9.17, 15) is 0 Å². The van der Waals surface area contributed by atoms with Crippen LogP contribution in [-0.4, -0.2) is 15.0 Å². The lowest BCUT2D eigenvalue weighted by atomic mass is 10.0. The highest BCUT2D eigenvalue weighted by molar-refractivity contribution is 6.17. The smallest absolute Gasteiger partial charge is 0.167 e. The number of aromatic nitrogens is 3. The van der Waals surface area contributed by atoms with Crippen LogP contribution < -0.4 is 0 Å². The van der Waals surface area contributed by atoms with Crippen molar-refractivity contribution in [2.45, 2.75) is 0 Å². The molecule has 0 aliphatic heterocycles. The van der Waals surface area contributed by atoms with E-state index < -0.39 is 0 Å². The van der Waals surface area contributed by atoms with E-state index in [1.54, 1.807) is 0 Å². The molecule has 8 rings (SSSR count). The molecule has 6 aromatic carbocycles. The monoisotopic (exact) mass is 525 g/mol. The first-order valence-corrected chi connectivity index (χ1v) is 13.6. The minimum absolute atomic E-state index is 0.579. The predicted octanol–water partition coefficient (Wildman–Crippen LogP) is 9.59. The van der Waals surface area contributed by atoms with Gasteiger partial charge in [-0.3, -0.25) is 0 Å². The number of benzene rings is 6. The summed E-state index contributed by atoms with van der Waals surface area (Å²) in [6.07, 6.45) is 0. The average Bonchev–Trinajstić information content (AvgIpc) is 3.45. The summed E-state index contributed by atoms with van der Waals surface area (Å²) in [6.45, 7) is 0. The van der Waals surface area contributed by atoms with Crippen LogP contribution in [0.15, 0.2) is 144 Å². The van der Waals surface area contributed by atoms with Crippen molar-refractivity contribution in [1.29, 1.82) is 0 Å². The van der Waals surface area contributed by atoms with E-state index in [2.05, 4.69) is 78.9 Å². The molecule has 0 fully saturated rings. The van der Waals surface area contributed by atoms with E-state index >= 15 is 0 Å². The minimum Gasteiger partial charge on any atom is -0.455 e. The van der Waals surface area contributed by atoms with Gasteiger partial charge >= 0.3 is 0 Å². The van der Waals surface area contributed by atoms with Gasteiger partial charge in [-0.25, -0.2) is 15.0 Å². The van der Waals surface area contributed by atoms with Crippen molar-refractivity contribution in [3.63, 3.8) is 0 Å². The second-order valence-electron chi connectivity index (χ2n) is 10.1. The van der Waals surface area contributed by atoms with Crippen LogP contribution in [0.5, 0.6) is 0 Å². The molecular formula is C37H23N3O. The lowest BCUT2D eigenvalue weighted by Gasteiger charge is -2.09. The van der Waals surface area contributed by atoms with Crippen molar-refractivity contribution < 1.29 is 4.42 Å². The van der Waals surface area contributed by atoms with E-state index in [-0.39, 0.29) is 0 Å². The molecule has 4 nitrogen and oxygen atoms in total. The summed E-state index contributed by atoms with van der Waals surface area (Å²) in [5.41, 5.74) is 6.66. The number of fused-ring (bicyclic) bond motifs is 5. The van der Waals surface area contributed by atoms with Crippen LogP contribution >= 0.6 is 0 Å². The number of nitrogens with zero attached hydrogens (tertiary/aromatic N) is 3. The summed E-state index contributed by atoms with van der Waals surface area (Å²) in [7, 11) is 0. The van der Waals surface area contributed by atoms with Gasteiger partial charge < -0.3 is 4.42 Å². The van der Waals surface area contributed by atoms with Gasteiger partial charge in [0, 0.05) is 27.3 Å². The Morgan fingerprint density at radius 1 is 0.341 bits per heavy atom. The molecule has 4 heteroatoms. The Morgan fingerprint density at radius 3 is 1.63 bits per heavy atom. The fraction of sp³-hybridized carbons (Fsp3) is 0. The number of hydrogen-bond donors (Lipinski definition) is 0. The fourth-order valence-corrected chi connectivity index (χ4v) is 5.49. The zero-order chi connectivity index (χ0) is 27.2. The maximum atomic E-state index is 6.61. The second-order valence-corrected chi connectivity index (χ2v) is 10.1.